The van der Waals surface area contributed by atoms with Crippen molar-refractivity contribution in [2.45, 2.75) is 25.9 Å². The maximum atomic E-state index is 11.7. The minimum absolute atomic E-state index is 0. The van der Waals surface area contributed by atoms with Crippen molar-refractivity contribution in [3.8, 4) is 5.75 Å². The van der Waals surface area contributed by atoms with Crippen LogP contribution in [0.1, 0.15) is 24.5 Å². The number of anilines is 4. The lowest BCUT2D eigenvalue weighted by atomic mass is 10.1. The second-order valence-electron chi connectivity index (χ2n) is 8.77. The Kier molecular flexibility index (Phi) is 7.34. The minimum Gasteiger partial charge on any atom is -0.489 e. The van der Waals surface area contributed by atoms with Gasteiger partial charge in [-0.2, -0.15) is 22.8 Å². The van der Waals surface area contributed by atoms with Gasteiger partial charge in [0, 0.05) is 30.2 Å². The maximum Gasteiger partial charge on any atom is 0.229 e. The van der Waals surface area contributed by atoms with E-state index >= 15 is 0 Å². The predicted molar refractivity (Wildman–Crippen MR) is 145 cm³/mol. The Hall–Kier alpha value is -3.08. The normalized spacial score (nSPS) is 17.3. The van der Waals surface area contributed by atoms with Gasteiger partial charge >= 0.3 is 0 Å². The van der Waals surface area contributed by atoms with Crippen LogP contribution in [-0.4, -0.2) is 48.1 Å². The highest BCUT2D eigenvalue weighted by molar-refractivity contribution is 7.88. The van der Waals surface area contributed by atoms with Gasteiger partial charge in [0.2, 0.25) is 16.0 Å². The van der Waals surface area contributed by atoms with E-state index in [0.29, 0.717) is 37.0 Å². The highest BCUT2D eigenvalue weighted by Gasteiger charge is 2.29. The fraction of sp³-hybridized carbons (Fsp3) is 0.280. The predicted octanol–water partition coefficient (Wildman–Crippen LogP) is 4.45. The number of sulfonamides is 1. The molecular formula is C25H29N5O3S2. The van der Waals surface area contributed by atoms with Crippen LogP contribution in [0.15, 0.2) is 60.3 Å². The van der Waals surface area contributed by atoms with Crippen molar-refractivity contribution >= 4 is 52.7 Å². The summed E-state index contributed by atoms with van der Waals surface area (Å²) in [6.45, 7) is 2.99. The summed E-state index contributed by atoms with van der Waals surface area (Å²) >= 11 is 0. The summed E-state index contributed by atoms with van der Waals surface area (Å²) in [5.74, 6) is 1.82. The molecular weight excluding hydrogens is 482 g/mol. The summed E-state index contributed by atoms with van der Waals surface area (Å²) in [5, 5.41) is 6.57. The monoisotopic (exact) mass is 511 g/mol. The zero-order chi connectivity index (χ0) is 23.7. The zero-order valence-corrected chi connectivity index (χ0v) is 21.5. The average molecular weight is 512 g/mol. The smallest absolute Gasteiger partial charge is 0.229 e. The molecule has 1 aliphatic heterocycles. The van der Waals surface area contributed by atoms with Gasteiger partial charge in [0.15, 0.2) is 0 Å². The first-order chi connectivity index (χ1) is 16.3. The zero-order valence-electron chi connectivity index (χ0n) is 19.7. The number of ether oxygens (including phenoxy) is 1. The average Bonchev–Trinajstić information content (AvgIpc) is 3.40. The quantitative estimate of drug-likeness (QED) is 0.484. The molecule has 1 aromatic heterocycles. The van der Waals surface area contributed by atoms with E-state index in [1.54, 1.807) is 6.20 Å². The molecule has 1 atom stereocenters. The number of hydrogen-bond acceptors (Lipinski definition) is 7. The van der Waals surface area contributed by atoms with Gasteiger partial charge in [0.25, 0.3) is 0 Å². The van der Waals surface area contributed by atoms with Gasteiger partial charge in [-0.3, -0.25) is 0 Å². The van der Waals surface area contributed by atoms with E-state index in [2.05, 4.69) is 51.8 Å². The third kappa shape index (κ3) is 6.14. The van der Waals surface area contributed by atoms with Crippen LogP contribution in [0.3, 0.4) is 0 Å². The van der Waals surface area contributed by atoms with Crippen LogP contribution < -0.4 is 15.4 Å². The molecule has 1 fully saturated rings. The Morgan fingerprint density at radius 3 is 2.71 bits per heavy atom. The van der Waals surface area contributed by atoms with Gasteiger partial charge in [-0.05, 0) is 61.2 Å². The fourth-order valence-electron chi connectivity index (χ4n) is 4.29. The molecule has 0 radical (unpaired) electrons. The molecule has 0 amide bonds. The van der Waals surface area contributed by atoms with Crippen molar-refractivity contribution in [2.24, 2.45) is 0 Å². The molecule has 0 spiro atoms. The summed E-state index contributed by atoms with van der Waals surface area (Å²) in [4.78, 5) is 8.91. The lowest BCUT2D eigenvalue weighted by Crippen LogP contribution is -2.29. The summed E-state index contributed by atoms with van der Waals surface area (Å²) < 4.78 is 30.9. The first-order valence-electron chi connectivity index (χ1n) is 11.2. The molecule has 1 aliphatic carbocycles. The van der Waals surface area contributed by atoms with Crippen LogP contribution in [0, 0.1) is 0 Å². The largest absolute Gasteiger partial charge is 0.489 e. The highest BCUT2D eigenvalue weighted by Crippen LogP contribution is 2.29. The lowest BCUT2D eigenvalue weighted by Gasteiger charge is -2.16. The standard InChI is InChI=1S/C25H27N5O3S.H2S/c1-17-12-18-6-7-21(14-19(18)13-17)27-24-8-10-26-25(29-24)28-20-4-3-5-22(15-20)33-23-9-11-30(16-23)34(2,31)32;/h3-8,10,13-15,23H,9,11-12,16H2,1-2H3,(H2,26,27,28,29);1H2/t23-;/m0./s1. The Bertz CT molecular complexity index is 1360. The van der Waals surface area contributed by atoms with E-state index in [1.165, 1.54) is 27.3 Å². The van der Waals surface area contributed by atoms with Crippen LogP contribution in [0.25, 0.3) is 6.08 Å². The molecule has 0 unspecified atom stereocenters. The molecule has 10 heteroatoms. The Labute approximate surface area is 212 Å². The van der Waals surface area contributed by atoms with Crippen molar-refractivity contribution in [1.29, 1.82) is 0 Å². The number of fused-ring (bicyclic) bond motifs is 1. The molecule has 1 saturated heterocycles. The van der Waals surface area contributed by atoms with E-state index in [1.807, 2.05) is 30.3 Å². The van der Waals surface area contributed by atoms with Crippen LogP contribution in [0.2, 0.25) is 0 Å². The van der Waals surface area contributed by atoms with Crippen molar-refractivity contribution in [2.75, 3.05) is 30.0 Å². The summed E-state index contributed by atoms with van der Waals surface area (Å²) in [6, 6.07) is 15.7. The fourth-order valence-corrected chi connectivity index (χ4v) is 5.16. The van der Waals surface area contributed by atoms with Crippen molar-refractivity contribution < 1.29 is 13.2 Å². The van der Waals surface area contributed by atoms with Gasteiger partial charge < -0.3 is 15.4 Å². The van der Waals surface area contributed by atoms with Crippen LogP contribution in [0.5, 0.6) is 5.75 Å². The Morgan fingerprint density at radius 1 is 1.09 bits per heavy atom. The number of allylic oxidation sites excluding steroid dienone is 1. The molecule has 2 heterocycles. The molecule has 2 aliphatic rings. The molecule has 8 nitrogen and oxygen atoms in total. The Balaban J connectivity index is 0.00000289. The topological polar surface area (TPSA) is 96.5 Å². The van der Waals surface area contributed by atoms with Crippen LogP contribution >= 0.6 is 13.5 Å². The van der Waals surface area contributed by atoms with Crippen LogP contribution in [0.4, 0.5) is 23.1 Å². The molecule has 2 N–H and O–H groups in total. The second-order valence-corrected chi connectivity index (χ2v) is 10.8. The molecule has 35 heavy (non-hydrogen) atoms. The van der Waals surface area contributed by atoms with Gasteiger partial charge in [-0.1, -0.05) is 23.8 Å². The summed E-state index contributed by atoms with van der Waals surface area (Å²) in [6.07, 6.45) is 6.65. The van der Waals surface area contributed by atoms with E-state index in [0.717, 1.165) is 17.8 Å². The number of nitrogens with zero attached hydrogens (tertiary/aromatic N) is 3. The Morgan fingerprint density at radius 2 is 1.91 bits per heavy atom. The SMILES string of the molecule is CC1=Cc2cc(Nc3ccnc(Nc4cccc(O[C@H]5CCN(S(C)(=O)=O)C5)c4)n3)ccc2C1.S. The second kappa shape index (κ2) is 10.3. The van der Waals surface area contributed by atoms with Gasteiger partial charge in [0.05, 0.1) is 12.8 Å². The molecule has 2 aromatic carbocycles. The third-order valence-corrected chi connectivity index (χ3v) is 7.18. The van der Waals surface area contributed by atoms with Gasteiger partial charge in [0.1, 0.15) is 17.7 Å². The molecule has 0 bridgehead atoms. The highest BCUT2D eigenvalue weighted by atomic mass is 32.2. The number of hydrogen-bond donors (Lipinski definition) is 2. The van der Waals surface area contributed by atoms with Gasteiger partial charge in [-0.25, -0.2) is 13.4 Å². The van der Waals surface area contributed by atoms with Crippen molar-refractivity contribution in [3.05, 3.63) is 71.4 Å². The van der Waals surface area contributed by atoms with E-state index in [4.69, 9.17) is 4.74 Å². The lowest BCUT2D eigenvalue weighted by molar-refractivity contribution is 0.216. The van der Waals surface area contributed by atoms with Crippen LogP contribution in [-0.2, 0) is 16.4 Å². The number of rotatable bonds is 7. The molecule has 0 saturated carbocycles. The summed E-state index contributed by atoms with van der Waals surface area (Å²) in [7, 11) is -3.19. The molecule has 184 valence electrons. The minimum atomic E-state index is -3.19. The van der Waals surface area contributed by atoms with Crippen molar-refractivity contribution in [3.63, 3.8) is 0 Å². The molecule has 5 rings (SSSR count). The van der Waals surface area contributed by atoms with Crippen molar-refractivity contribution in [1.82, 2.24) is 14.3 Å². The number of aromatic nitrogens is 2. The van der Waals surface area contributed by atoms with E-state index < -0.39 is 10.0 Å². The van der Waals surface area contributed by atoms with E-state index in [-0.39, 0.29) is 19.6 Å². The first kappa shape index (κ1) is 25.0. The first-order valence-corrected chi connectivity index (χ1v) is 13.1. The van der Waals surface area contributed by atoms with E-state index in [9.17, 15) is 8.42 Å². The molecule has 3 aromatic rings. The number of benzene rings is 2. The maximum absolute atomic E-state index is 11.7. The van der Waals surface area contributed by atoms with Gasteiger partial charge in [-0.15, -0.1) is 0 Å². The third-order valence-electron chi connectivity index (χ3n) is 5.91. The summed E-state index contributed by atoms with van der Waals surface area (Å²) in [5.41, 5.74) is 5.72. The number of nitrogens with one attached hydrogen (secondary N) is 2.